The van der Waals surface area contributed by atoms with Crippen molar-refractivity contribution in [3.8, 4) is 5.69 Å². The van der Waals surface area contributed by atoms with E-state index in [0.29, 0.717) is 24.5 Å². The maximum atomic E-state index is 12.1. The van der Waals surface area contributed by atoms with Crippen molar-refractivity contribution in [2.75, 3.05) is 20.3 Å². The number of nitrogens with one attached hydrogen (secondary N) is 1. The van der Waals surface area contributed by atoms with E-state index in [1.807, 2.05) is 32.0 Å². The van der Waals surface area contributed by atoms with Gasteiger partial charge in [0.2, 0.25) is 0 Å². The summed E-state index contributed by atoms with van der Waals surface area (Å²) in [4.78, 5) is 12.1. The molecule has 6 nitrogen and oxygen atoms in total. The summed E-state index contributed by atoms with van der Waals surface area (Å²) in [7, 11) is 1.64. The molecule has 1 amide bonds. The van der Waals surface area contributed by atoms with Gasteiger partial charge in [0.15, 0.2) is 5.69 Å². The Balaban J connectivity index is 2.15. The van der Waals surface area contributed by atoms with Crippen molar-refractivity contribution >= 4 is 21.8 Å². The van der Waals surface area contributed by atoms with Crippen molar-refractivity contribution in [2.24, 2.45) is 0 Å². The van der Waals surface area contributed by atoms with Gasteiger partial charge in [-0.1, -0.05) is 21.1 Å². The van der Waals surface area contributed by atoms with E-state index in [1.54, 1.807) is 11.8 Å². The molecule has 0 aliphatic rings. The Morgan fingerprint density at radius 2 is 2.18 bits per heavy atom. The number of methoxy groups -OCH3 is 1. The highest BCUT2D eigenvalue weighted by Crippen LogP contribution is 2.20. The lowest BCUT2D eigenvalue weighted by atomic mass is 10.2. The zero-order valence-corrected chi connectivity index (χ0v) is 14.5. The summed E-state index contributed by atoms with van der Waals surface area (Å²) in [6.07, 6.45) is 0.765. The van der Waals surface area contributed by atoms with E-state index in [-0.39, 0.29) is 5.91 Å². The lowest BCUT2D eigenvalue weighted by Gasteiger charge is -2.06. The number of carbonyl (C=O) groups excluding carboxylic acids is 1. The van der Waals surface area contributed by atoms with Gasteiger partial charge in [-0.15, -0.1) is 5.10 Å². The Morgan fingerprint density at radius 1 is 1.41 bits per heavy atom. The summed E-state index contributed by atoms with van der Waals surface area (Å²) in [5, 5.41) is 10.9. The van der Waals surface area contributed by atoms with Crippen LogP contribution in [0.4, 0.5) is 0 Å². The lowest BCUT2D eigenvalue weighted by molar-refractivity contribution is 0.0943. The molecule has 1 N–H and O–H groups in total. The molecule has 0 atom stereocenters. The van der Waals surface area contributed by atoms with E-state index in [2.05, 4.69) is 31.6 Å². The average molecular weight is 367 g/mol. The lowest BCUT2D eigenvalue weighted by Crippen LogP contribution is -2.26. The number of aryl methyl sites for hydroxylation is 1. The Hall–Kier alpha value is -1.73. The molecule has 0 saturated heterocycles. The topological polar surface area (TPSA) is 69.0 Å². The first-order chi connectivity index (χ1) is 10.5. The molecule has 22 heavy (non-hydrogen) atoms. The number of aromatic nitrogens is 3. The van der Waals surface area contributed by atoms with Gasteiger partial charge in [0.1, 0.15) is 0 Å². The predicted octanol–water partition coefficient (Wildman–Crippen LogP) is 2.41. The molecule has 1 aromatic carbocycles. The first-order valence-corrected chi connectivity index (χ1v) is 7.80. The standard InChI is InChI=1S/C15H19BrN4O2/c1-10-9-12(5-6-13(10)16)20-11(2)14(18-19-20)15(21)17-7-4-8-22-3/h5-6,9H,4,7-8H2,1-3H3,(H,17,21). The van der Waals surface area contributed by atoms with Gasteiger partial charge in [0, 0.05) is 24.7 Å². The van der Waals surface area contributed by atoms with Crippen LogP contribution in [0.2, 0.25) is 0 Å². The van der Waals surface area contributed by atoms with E-state index in [9.17, 15) is 4.79 Å². The van der Waals surface area contributed by atoms with E-state index < -0.39 is 0 Å². The second-order valence-corrected chi connectivity index (χ2v) is 5.83. The third kappa shape index (κ3) is 3.72. The third-order valence-electron chi connectivity index (χ3n) is 3.31. The molecule has 0 unspecified atom stereocenters. The maximum Gasteiger partial charge on any atom is 0.273 e. The van der Waals surface area contributed by atoms with Gasteiger partial charge in [-0.05, 0) is 44.0 Å². The van der Waals surface area contributed by atoms with Gasteiger partial charge < -0.3 is 10.1 Å². The molecule has 0 aliphatic heterocycles. The minimum atomic E-state index is -0.214. The van der Waals surface area contributed by atoms with Crippen molar-refractivity contribution in [2.45, 2.75) is 20.3 Å². The smallest absolute Gasteiger partial charge is 0.273 e. The number of rotatable bonds is 6. The van der Waals surface area contributed by atoms with Crippen LogP contribution in [0.1, 0.15) is 28.2 Å². The van der Waals surface area contributed by atoms with Crippen molar-refractivity contribution in [1.29, 1.82) is 0 Å². The summed E-state index contributed by atoms with van der Waals surface area (Å²) in [5.74, 6) is -0.214. The number of ether oxygens (including phenoxy) is 1. The number of carbonyl (C=O) groups is 1. The van der Waals surface area contributed by atoms with Crippen LogP contribution in [0.15, 0.2) is 22.7 Å². The number of amides is 1. The maximum absolute atomic E-state index is 12.1. The fourth-order valence-electron chi connectivity index (χ4n) is 2.05. The summed E-state index contributed by atoms with van der Waals surface area (Å²) >= 11 is 3.47. The highest BCUT2D eigenvalue weighted by molar-refractivity contribution is 9.10. The summed E-state index contributed by atoms with van der Waals surface area (Å²) in [6.45, 7) is 5.01. The van der Waals surface area contributed by atoms with Crippen LogP contribution in [0.3, 0.4) is 0 Å². The average Bonchev–Trinajstić information content (AvgIpc) is 2.88. The molecule has 118 valence electrons. The number of nitrogens with zero attached hydrogens (tertiary/aromatic N) is 3. The monoisotopic (exact) mass is 366 g/mol. The molecular formula is C15H19BrN4O2. The molecule has 1 aromatic heterocycles. The third-order valence-corrected chi connectivity index (χ3v) is 4.20. The molecular weight excluding hydrogens is 348 g/mol. The number of halogens is 1. The Labute approximate surface area is 138 Å². The first-order valence-electron chi connectivity index (χ1n) is 7.00. The van der Waals surface area contributed by atoms with E-state index in [0.717, 1.165) is 22.1 Å². The molecule has 7 heteroatoms. The molecule has 0 spiro atoms. The zero-order chi connectivity index (χ0) is 16.1. The molecule has 2 rings (SSSR count). The fraction of sp³-hybridized carbons (Fsp3) is 0.400. The van der Waals surface area contributed by atoms with Gasteiger partial charge in [-0.2, -0.15) is 0 Å². The highest BCUT2D eigenvalue weighted by Gasteiger charge is 2.17. The van der Waals surface area contributed by atoms with Gasteiger partial charge in [-0.3, -0.25) is 4.79 Å². The van der Waals surface area contributed by atoms with E-state index in [4.69, 9.17) is 4.74 Å². The minimum absolute atomic E-state index is 0.214. The van der Waals surface area contributed by atoms with Crippen molar-refractivity contribution < 1.29 is 9.53 Å². The van der Waals surface area contributed by atoms with E-state index in [1.165, 1.54) is 0 Å². The largest absolute Gasteiger partial charge is 0.385 e. The van der Waals surface area contributed by atoms with Gasteiger partial charge >= 0.3 is 0 Å². The fourth-order valence-corrected chi connectivity index (χ4v) is 2.29. The predicted molar refractivity (Wildman–Crippen MR) is 87.4 cm³/mol. The Bertz CT molecular complexity index is 670. The van der Waals surface area contributed by atoms with Crippen LogP contribution >= 0.6 is 15.9 Å². The van der Waals surface area contributed by atoms with Gasteiger partial charge in [-0.25, -0.2) is 4.68 Å². The minimum Gasteiger partial charge on any atom is -0.385 e. The molecule has 0 fully saturated rings. The van der Waals surface area contributed by atoms with Gasteiger partial charge in [0.05, 0.1) is 11.4 Å². The van der Waals surface area contributed by atoms with Crippen LogP contribution in [-0.2, 0) is 4.74 Å². The number of hydrogen-bond donors (Lipinski definition) is 1. The van der Waals surface area contributed by atoms with Crippen LogP contribution < -0.4 is 5.32 Å². The highest BCUT2D eigenvalue weighted by atomic mass is 79.9. The second kappa shape index (κ2) is 7.51. The number of hydrogen-bond acceptors (Lipinski definition) is 4. The van der Waals surface area contributed by atoms with Crippen LogP contribution in [0.25, 0.3) is 5.69 Å². The zero-order valence-electron chi connectivity index (χ0n) is 12.9. The molecule has 0 bridgehead atoms. The molecule has 0 radical (unpaired) electrons. The van der Waals surface area contributed by atoms with Crippen LogP contribution in [0.5, 0.6) is 0 Å². The molecule has 0 saturated carbocycles. The van der Waals surface area contributed by atoms with Crippen molar-refractivity contribution in [3.05, 3.63) is 39.6 Å². The molecule has 2 aromatic rings. The normalized spacial score (nSPS) is 10.7. The van der Waals surface area contributed by atoms with Crippen molar-refractivity contribution in [3.63, 3.8) is 0 Å². The van der Waals surface area contributed by atoms with Gasteiger partial charge in [0.25, 0.3) is 5.91 Å². The van der Waals surface area contributed by atoms with E-state index >= 15 is 0 Å². The number of benzene rings is 1. The summed E-state index contributed by atoms with van der Waals surface area (Å²) in [6, 6.07) is 5.88. The van der Waals surface area contributed by atoms with Crippen LogP contribution in [0, 0.1) is 13.8 Å². The summed E-state index contributed by atoms with van der Waals surface area (Å²) in [5.41, 5.74) is 3.03. The Kier molecular flexibility index (Phi) is 5.68. The Morgan fingerprint density at radius 3 is 2.86 bits per heavy atom. The SMILES string of the molecule is COCCCNC(=O)c1nnn(-c2ccc(Br)c(C)c2)c1C. The second-order valence-electron chi connectivity index (χ2n) is 4.97. The first kappa shape index (κ1) is 16.6. The van der Waals surface area contributed by atoms with Crippen LogP contribution in [-0.4, -0.2) is 41.2 Å². The quantitative estimate of drug-likeness (QED) is 0.797. The van der Waals surface area contributed by atoms with Crippen molar-refractivity contribution in [1.82, 2.24) is 20.3 Å². The molecule has 1 heterocycles. The summed E-state index contributed by atoms with van der Waals surface area (Å²) < 4.78 is 7.65. The molecule has 0 aliphatic carbocycles.